The van der Waals surface area contributed by atoms with Crippen LogP contribution in [-0.4, -0.2) is 46.9 Å². The van der Waals surface area contributed by atoms with Gasteiger partial charge in [0.2, 0.25) is 10.0 Å². The number of carbonyl (C=O) groups excluding carboxylic acids is 1. The molecule has 3 rings (SSSR count). The fraction of sp³-hybridized carbons (Fsp3) is 0.364. The van der Waals surface area contributed by atoms with Gasteiger partial charge in [0.05, 0.1) is 10.5 Å². The van der Waals surface area contributed by atoms with Gasteiger partial charge in [-0.15, -0.1) is 5.10 Å². The summed E-state index contributed by atoms with van der Waals surface area (Å²) < 4.78 is 33.1. The lowest BCUT2D eigenvalue weighted by atomic mass is 10.2. The third kappa shape index (κ3) is 5.77. The molecule has 10 heteroatoms. The van der Waals surface area contributed by atoms with Crippen LogP contribution < -0.4 is 5.32 Å². The first-order valence-electron chi connectivity index (χ1n) is 10.6. The number of aromatic nitrogens is 3. The van der Waals surface area contributed by atoms with Crippen molar-refractivity contribution < 1.29 is 17.6 Å². The molecule has 1 aromatic carbocycles. The summed E-state index contributed by atoms with van der Waals surface area (Å²) in [5.74, 6) is -0.252. The number of unbranched alkanes of at least 4 members (excludes halogenated alkanes) is 2. The number of hydrogen-bond donors (Lipinski definition) is 1. The topological polar surface area (TPSA) is 118 Å². The van der Waals surface area contributed by atoms with Gasteiger partial charge in [-0.1, -0.05) is 31.8 Å². The molecule has 170 valence electrons. The Kier molecular flexibility index (Phi) is 8.07. The lowest BCUT2D eigenvalue weighted by Crippen LogP contribution is -2.33. The van der Waals surface area contributed by atoms with Crippen LogP contribution in [0.25, 0.3) is 11.5 Å². The van der Waals surface area contributed by atoms with Crippen molar-refractivity contribution in [2.45, 2.75) is 44.4 Å². The number of pyridine rings is 1. The second-order valence-corrected chi connectivity index (χ2v) is 9.18. The summed E-state index contributed by atoms with van der Waals surface area (Å²) in [7, 11) is -3.62. The Morgan fingerprint density at radius 3 is 2.31 bits per heavy atom. The van der Waals surface area contributed by atoms with Crippen molar-refractivity contribution in [2.24, 2.45) is 0 Å². The number of amides is 1. The van der Waals surface area contributed by atoms with E-state index in [2.05, 4.69) is 20.5 Å². The third-order valence-corrected chi connectivity index (χ3v) is 6.74. The highest BCUT2D eigenvalue weighted by Gasteiger charge is 2.24. The number of sulfonamides is 1. The standard InChI is InChI=1S/C22H27N5O4S/c1-3-5-14-27(15-6-4-2)32(29,30)19-11-9-17(10-12-19)20(28)24-22-26-25-21(31-22)18-8-7-13-23-16-18/h7-13,16H,3-6,14-15H2,1-2H3,(H,24,26,28). The number of carbonyl (C=O) groups is 1. The van der Waals surface area contributed by atoms with Gasteiger partial charge < -0.3 is 4.42 Å². The Balaban J connectivity index is 1.70. The molecule has 0 bridgehead atoms. The second kappa shape index (κ2) is 11.0. The van der Waals surface area contributed by atoms with Gasteiger partial charge in [0, 0.05) is 31.0 Å². The molecule has 1 amide bonds. The maximum Gasteiger partial charge on any atom is 0.322 e. The van der Waals surface area contributed by atoms with Crippen LogP contribution >= 0.6 is 0 Å². The SMILES string of the molecule is CCCCN(CCCC)S(=O)(=O)c1ccc(C(=O)Nc2nnc(-c3cccnc3)o2)cc1. The molecule has 0 aliphatic rings. The first-order chi connectivity index (χ1) is 15.5. The Bertz CT molecular complexity index is 1110. The highest BCUT2D eigenvalue weighted by molar-refractivity contribution is 7.89. The zero-order valence-corrected chi connectivity index (χ0v) is 19.0. The van der Waals surface area contributed by atoms with E-state index in [-0.39, 0.29) is 22.4 Å². The monoisotopic (exact) mass is 457 g/mol. The Hall–Kier alpha value is -3.11. The predicted molar refractivity (Wildman–Crippen MR) is 120 cm³/mol. The molecule has 32 heavy (non-hydrogen) atoms. The number of rotatable bonds is 11. The van der Waals surface area contributed by atoms with Crippen molar-refractivity contribution >= 4 is 21.9 Å². The van der Waals surface area contributed by atoms with E-state index in [9.17, 15) is 13.2 Å². The Morgan fingerprint density at radius 1 is 1.03 bits per heavy atom. The van der Waals surface area contributed by atoms with Gasteiger partial charge in [0.1, 0.15) is 0 Å². The summed E-state index contributed by atoms with van der Waals surface area (Å²) in [5, 5.41) is 10.2. The molecule has 2 aromatic heterocycles. The van der Waals surface area contributed by atoms with E-state index in [1.165, 1.54) is 28.6 Å². The first kappa shape index (κ1) is 23.6. The number of hydrogen-bond acceptors (Lipinski definition) is 7. The molecule has 2 heterocycles. The highest BCUT2D eigenvalue weighted by Crippen LogP contribution is 2.20. The molecule has 0 fully saturated rings. The van der Waals surface area contributed by atoms with Gasteiger partial charge in [-0.05, 0) is 49.2 Å². The van der Waals surface area contributed by atoms with Crippen molar-refractivity contribution in [3.63, 3.8) is 0 Å². The molecule has 0 saturated heterocycles. The van der Waals surface area contributed by atoms with Crippen LogP contribution in [0.3, 0.4) is 0 Å². The molecule has 0 aliphatic heterocycles. The summed E-state index contributed by atoms with van der Waals surface area (Å²) in [4.78, 5) is 16.7. The van der Waals surface area contributed by atoms with Crippen molar-refractivity contribution in [1.82, 2.24) is 19.5 Å². The number of nitrogens with one attached hydrogen (secondary N) is 1. The first-order valence-corrected chi connectivity index (χ1v) is 12.0. The summed E-state index contributed by atoms with van der Waals surface area (Å²) in [6.45, 7) is 5.03. The molecule has 3 aromatic rings. The smallest absolute Gasteiger partial charge is 0.322 e. The minimum Gasteiger partial charge on any atom is -0.403 e. The largest absolute Gasteiger partial charge is 0.403 e. The zero-order chi connectivity index (χ0) is 23.0. The summed E-state index contributed by atoms with van der Waals surface area (Å²) in [6, 6.07) is 9.27. The number of anilines is 1. The van der Waals surface area contributed by atoms with Gasteiger partial charge in [-0.2, -0.15) is 4.31 Å². The summed E-state index contributed by atoms with van der Waals surface area (Å²) >= 11 is 0. The molecule has 0 spiro atoms. The van der Waals surface area contributed by atoms with Crippen LogP contribution in [-0.2, 0) is 10.0 Å². The fourth-order valence-electron chi connectivity index (χ4n) is 3.00. The molecular formula is C22H27N5O4S. The fourth-order valence-corrected chi connectivity index (χ4v) is 4.51. The van der Waals surface area contributed by atoms with Crippen molar-refractivity contribution in [3.8, 4) is 11.5 Å². The van der Waals surface area contributed by atoms with Gasteiger partial charge in [0.25, 0.3) is 11.8 Å². The summed E-state index contributed by atoms with van der Waals surface area (Å²) in [5.41, 5.74) is 0.907. The van der Waals surface area contributed by atoms with E-state index < -0.39 is 15.9 Å². The van der Waals surface area contributed by atoms with Gasteiger partial charge in [0.15, 0.2) is 0 Å². The molecule has 0 unspecified atom stereocenters. The van der Waals surface area contributed by atoms with Crippen LogP contribution in [0.2, 0.25) is 0 Å². The maximum atomic E-state index is 13.0. The van der Waals surface area contributed by atoms with Crippen LogP contribution in [0.15, 0.2) is 58.1 Å². The third-order valence-electron chi connectivity index (χ3n) is 4.83. The molecule has 0 radical (unpaired) electrons. The van der Waals surface area contributed by atoms with Crippen LogP contribution in [0.4, 0.5) is 6.01 Å². The molecule has 1 N–H and O–H groups in total. The van der Waals surface area contributed by atoms with E-state index in [0.717, 1.165) is 25.7 Å². The normalized spacial score (nSPS) is 11.6. The van der Waals surface area contributed by atoms with E-state index in [0.29, 0.717) is 18.7 Å². The summed E-state index contributed by atoms with van der Waals surface area (Å²) in [6.07, 6.45) is 6.62. The molecule has 0 saturated carbocycles. The van der Waals surface area contributed by atoms with Crippen LogP contribution in [0.5, 0.6) is 0 Å². The van der Waals surface area contributed by atoms with Crippen LogP contribution in [0, 0.1) is 0 Å². The zero-order valence-electron chi connectivity index (χ0n) is 18.2. The molecular weight excluding hydrogens is 430 g/mol. The van der Waals surface area contributed by atoms with E-state index >= 15 is 0 Å². The van der Waals surface area contributed by atoms with Gasteiger partial charge >= 0.3 is 6.01 Å². The van der Waals surface area contributed by atoms with Crippen molar-refractivity contribution in [3.05, 3.63) is 54.4 Å². The van der Waals surface area contributed by atoms with Crippen molar-refractivity contribution in [1.29, 1.82) is 0 Å². The lowest BCUT2D eigenvalue weighted by Gasteiger charge is -2.22. The van der Waals surface area contributed by atoms with E-state index in [1.54, 1.807) is 24.5 Å². The molecule has 0 atom stereocenters. The van der Waals surface area contributed by atoms with E-state index in [4.69, 9.17) is 4.42 Å². The number of benzene rings is 1. The Labute approximate surface area is 187 Å². The highest BCUT2D eigenvalue weighted by atomic mass is 32.2. The predicted octanol–water partition coefficient (Wildman–Crippen LogP) is 3.97. The maximum absolute atomic E-state index is 13.0. The van der Waals surface area contributed by atoms with Crippen LogP contribution in [0.1, 0.15) is 49.9 Å². The molecule has 9 nitrogen and oxygen atoms in total. The quantitative estimate of drug-likeness (QED) is 0.463. The van der Waals surface area contributed by atoms with Crippen molar-refractivity contribution in [2.75, 3.05) is 18.4 Å². The Morgan fingerprint density at radius 2 is 1.72 bits per heavy atom. The minimum absolute atomic E-state index is 0.0594. The average molecular weight is 458 g/mol. The average Bonchev–Trinajstić information content (AvgIpc) is 3.28. The molecule has 0 aliphatic carbocycles. The van der Waals surface area contributed by atoms with Gasteiger partial charge in [-0.25, -0.2) is 8.42 Å². The van der Waals surface area contributed by atoms with Gasteiger partial charge in [-0.3, -0.25) is 15.1 Å². The second-order valence-electron chi connectivity index (χ2n) is 7.24. The van der Waals surface area contributed by atoms with E-state index in [1.807, 2.05) is 13.8 Å². The lowest BCUT2D eigenvalue weighted by molar-refractivity contribution is 0.102. The minimum atomic E-state index is -3.62. The number of nitrogens with zero attached hydrogens (tertiary/aromatic N) is 4.